The van der Waals surface area contributed by atoms with Gasteiger partial charge in [-0.1, -0.05) is 23.7 Å². The Kier molecular flexibility index (Phi) is 4.14. The molecule has 0 bridgehead atoms. The normalized spacial score (nSPS) is 11.8. The van der Waals surface area contributed by atoms with Crippen LogP contribution in [-0.4, -0.2) is 12.1 Å². The third kappa shape index (κ3) is 3.82. The van der Waals surface area contributed by atoms with E-state index >= 15 is 0 Å². The lowest BCUT2D eigenvalue weighted by Gasteiger charge is -2.23. The fourth-order valence-corrected chi connectivity index (χ4v) is 1.25. The highest BCUT2D eigenvalue weighted by molar-refractivity contribution is 6.31. The molecule has 0 saturated heterocycles. The number of nitrogens with two attached hydrogens (primary N) is 1. The van der Waals surface area contributed by atoms with Crippen molar-refractivity contribution in [2.75, 3.05) is 6.54 Å². The molecular weight excluding hydrogens is 210 g/mol. The van der Waals surface area contributed by atoms with E-state index in [2.05, 4.69) is 0 Å². The molecular formula is C12H18ClNO. The average Bonchev–Trinajstić information content (AvgIpc) is 2.20. The van der Waals surface area contributed by atoms with Crippen LogP contribution in [0.25, 0.3) is 0 Å². The topological polar surface area (TPSA) is 35.2 Å². The van der Waals surface area contributed by atoms with Gasteiger partial charge >= 0.3 is 0 Å². The van der Waals surface area contributed by atoms with E-state index in [0.717, 1.165) is 16.1 Å². The molecule has 0 radical (unpaired) electrons. The molecule has 0 fully saturated rings. The molecule has 0 saturated carbocycles. The summed E-state index contributed by atoms with van der Waals surface area (Å²) in [6.07, 6.45) is 0. The molecule has 0 aliphatic heterocycles. The van der Waals surface area contributed by atoms with Crippen LogP contribution in [0.3, 0.4) is 0 Å². The molecule has 0 aliphatic carbocycles. The van der Waals surface area contributed by atoms with Gasteiger partial charge in [-0.25, -0.2) is 0 Å². The summed E-state index contributed by atoms with van der Waals surface area (Å²) in [4.78, 5) is 0. The quantitative estimate of drug-likeness (QED) is 0.859. The lowest BCUT2D eigenvalue weighted by Crippen LogP contribution is -2.33. The zero-order valence-corrected chi connectivity index (χ0v) is 10.3. The zero-order chi connectivity index (χ0) is 11.5. The Balaban J connectivity index is 2.62. The number of halogens is 1. The van der Waals surface area contributed by atoms with Crippen molar-refractivity contribution in [3.63, 3.8) is 0 Å². The molecule has 84 valence electrons. The molecule has 2 nitrogen and oxygen atoms in total. The maximum Gasteiger partial charge on any atom is 0.0752 e. The minimum Gasteiger partial charge on any atom is -0.370 e. The van der Waals surface area contributed by atoms with Crippen molar-refractivity contribution in [3.05, 3.63) is 34.3 Å². The Hall–Kier alpha value is -0.570. The van der Waals surface area contributed by atoms with E-state index < -0.39 is 0 Å². The monoisotopic (exact) mass is 227 g/mol. The van der Waals surface area contributed by atoms with E-state index in [1.807, 2.05) is 39.0 Å². The molecule has 0 aromatic heterocycles. The van der Waals surface area contributed by atoms with Gasteiger partial charge in [0, 0.05) is 11.6 Å². The van der Waals surface area contributed by atoms with E-state index in [9.17, 15) is 0 Å². The van der Waals surface area contributed by atoms with Gasteiger partial charge in [-0.3, -0.25) is 0 Å². The molecule has 0 heterocycles. The minimum atomic E-state index is -0.270. The Morgan fingerprint density at radius 1 is 1.40 bits per heavy atom. The first kappa shape index (κ1) is 12.5. The number of rotatable bonds is 4. The molecule has 0 atom stereocenters. The van der Waals surface area contributed by atoms with Crippen molar-refractivity contribution >= 4 is 11.6 Å². The number of benzene rings is 1. The molecule has 0 aliphatic rings. The van der Waals surface area contributed by atoms with Gasteiger partial charge in [0.25, 0.3) is 0 Å². The first-order chi connectivity index (χ1) is 6.94. The molecule has 15 heavy (non-hydrogen) atoms. The average molecular weight is 228 g/mol. The number of hydrogen-bond donors (Lipinski definition) is 1. The predicted octanol–water partition coefficient (Wildman–Crippen LogP) is 2.90. The van der Waals surface area contributed by atoms with Crippen LogP contribution in [0, 0.1) is 6.92 Å². The highest BCUT2D eigenvalue weighted by Gasteiger charge is 2.15. The van der Waals surface area contributed by atoms with Gasteiger partial charge in [0.05, 0.1) is 12.2 Å². The van der Waals surface area contributed by atoms with Gasteiger partial charge in [0.15, 0.2) is 0 Å². The second kappa shape index (κ2) is 4.97. The summed E-state index contributed by atoms with van der Waals surface area (Å²) in [6, 6.07) is 5.90. The number of aryl methyl sites for hydroxylation is 1. The van der Waals surface area contributed by atoms with Gasteiger partial charge in [0.2, 0.25) is 0 Å². The maximum absolute atomic E-state index is 5.94. The van der Waals surface area contributed by atoms with E-state index in [1.54, 1.807) is 0 Å². The summed E-state index contributed by atoms with van der Waals surface area (Å²) in [5.41, 5.74) is 7.50. The van der Waals surface area contributed by atoms with Crippen LogP contribution in [0.4, 0.5) is 0 Å². The van der Waals surface area contributed by atoms with Crippen LogP contribution in [0.15, 0.2) is 18.2 Å². The van der Waals surface area contributed by atoms with Crippen molar-refractivity contribution in [2.24, 2.45) is 5.73 Å². The summed E-state index contributed by atoms with van der Waals surface area (Å²) in [5, 5.41) is 0.789. The smallest absolute Gasteiger partial charge is 0.0752 e. The van der Waals surface area contributed by atoms with Crippen LogP contribution in [0.2, 0.25) is 5.02 Å². The third-order valence-corrected chi connectivity index (χ3v) is 2.77. The summed E-state index contributed by atoms with van der Waals surface area (Å²) in [7, 11) is 0. The van der Waals surface area contributed by atoms with Gasteiger partial charge < -0.3 is 10.5 Å². The summed E-state index contributed by atoms with van der Waals surface area (Å²) in [6.45, 7) is 7.03. The van der Waals surface area contributed by atoms with Crippen LogP contribution in [0.5, 0.6) is 0 Å². The van der Waals surface area contributed by atoms with Crippen LogP contribution in [0.1, 0.15) is 25.0 Å². The van der Waals surface area contributed by atoms with Gasteiger partial charge in [-0.05, 0) is 38.0 Å². The highest BCUT2D eigenvalue weighted by atomic mass is 35.5. The van der Waals surface area contributed by atoms with Crippen molar-refractivity contribution < 1.29 is 4.74 Å². The lowest BCUT2D eigenvalue weighted by molar-refractivity contribution is -0.0222. The minimum absolute atomic E-state index is 0.270. The van der Waals surface area contributed by atoms with E-state index in [0.29, 0.717) is 13.2 Å². The number of hydrogen-bond acceptors (Lipinski definition) is 2. The highest BCUT2D eigenvalue weighted by Crippen LogP contribution is 2.18. The Labute approximate surface area is 96.4 Å². The van der Waals surface area contributed by atoms with E-state index in [1.165, 1.54) is 0 Å². The largest absolute Gasteiger partial charge is 0.370 e. The summed E-state index contributed by atoms with van der Waals surface area (Å²) in [5.74, 6) is 0. The Morgan fingerprint density at radius 3 is 2.60 bits per heavy atom. The second-order valence-electron chi connectivity index (χ2n) is 4.34. The Bertz CT molecular complexity index is 336. The Morgan fingerprint density at radius 2 is 2.07 bits per heavy atom. The zero-order valence-electron chi connectivity index (χ0n) is 9.51. The van der Waals surface area contributed by atoms with Crippen molar-refractivity contribution in [1.29, 1.82) is 0 Å². The summed E-state index contributed by atoms with van der Waals surface area (Å²) < 4.78 is 5.69. The predicted molar refractivity (Wildman–Crippen MR) is 64.1 cm³/mol. The standard InChI is InChI=1S/C12H18ClNO/c1-9-6-10(4-5-11(9)13)7-15-12(2,3)8-14/h4-6H,7-8,14H2,1-3H3. The molecule has 1 aromatic carbocycles. The fraction of sp³-hybridized carbons (Fsp3) is 0.500. The summed E-state index contributed by atoms with van der Waals surface area (Å²) >= 11 is 5.94. The second-order valence-corrected chi connectivity index (χ2v) is 4.74. The van der Waals surface area contributed by atoms with E-state index in [-0.39, 0.29) is 5.60 Å². The first-order valence-corrected chi connectivity index (χ1v) is 5.41. The van der Waals surface area contributed by atoms with Gasteiger partial charge in [-0.2, -0.15) is 0 Å². The maximum atomic E-state index is 5.94. The van der Waals surface area contributed by atoms with Crippen molar-refractivity contribution in [3.8, 4) is 0 Å². The fourth-order valence-electron chi connectivity index (χ4n) is 1.13. The van der Waals surface area contributed by atoms with Crippen molar-refractivity contribution in [1.82, 2.24) is 0 Å². The number of ether oxygens (including phenoxy) is 1. The van der Waals surface area contributed by atoms with E-state index in [4.69, 9.17) is 22.1 Å². The molecule has 2 N–H and O–H groups in total. The molecule has 0 spiro atoms. The lowest BCUT2D eigenvalue weighted by atomic mass is 10.1. The SMILES string of the molecule is Cc1cc(COC(C)(C)CN)ccc1Cl. The molecule has 0 amide bonds. The first-order valence-electron chi connectivity index (χ1n) is 5.04. The van der Waals surface area contributed by atoms with Crippen LogP contribution >= 0.6 is 11.6 Å². The third-order valence-electron chi connectivity index (χ3n) is 2.34. The van der Waals surface area contributed by atoms with Crippen LogP contribution in [-0.2, 0) is 11.3 Å². The molecule has 1 rings (SSSR count). The van der Waals surface area contributed by atoms with Gasteiger partial charge in [-0.15, -0.1) is 0 Å². The molecule has 3 heteroatoms. The van der Waals surface area contributed by atoms with Gasteiger partial charge in [0.1, 0.15) is 0 Å². The van der Waals surface area contributed by atoms with Crippen LogP contribution < -0.4 is 5.73 Å². The molecule has 0 unspecified atom stereocenters. The van der Waals surface area contributed by atoms with Crippen molar-refractivity contribution in [2.45, 2.75) is 33.0 Å². The molecule has 1 aromatic rings.